The van der Waals surface area contributed by atoms with Crippen LogP contribution in [-0.4, -0.2) is 26.2 Å². The molecular weight excluding hydrogens is 286 g/mol. The number of hydrogen-bond acceptors (Lipinski definition) is 5. The van der Waals surface area contributed by atoms with Gasteiger partial charge in [-0.15, -0.1) is 0 Å². The predicted molar refractivity (Wildman–Crippen MR) is 92.2 cm³/mol. The van der Waals surface area contributed by atoms with Gasteiger partial charge in [0, 0.05) is 37.6 Å². The second kappa shape index (κ2) is 9.09. The van der Waals surface area contributed by atoms with Gasteiger partial charge in [0.15, 0.2) is 0 Å². The van der Waals surface area contributed by atoms with Crippen molar-refractivity contribution in [2.75, 3.05) is 36.8 Å². The van der Waals surface area contributed by atoms with Crippen LogP contribution in [0.15, 0.2) is 48.5 Å². The monoisotopic (exact) mass is 305 g/mol. The standard InChI is InChI=1S/C18H19N5/c19-13-15-1-5-17(6-2-15)22-11-9-21-10-12-23-18-7-3-16(14-20)4-8-18/h1-8,21-23H,9-12H2. The molecule has 2 rings (SSSR count). The highest BCUT2D eigenvalue weighted by Crippen LogP contribution is 2.08. The van der Waals surface area contributed by atoms with Crippen LogP contribution in [0.2, 0.25) is 0 Å². The molecule has 0 aliphatic rings. The van der Waals surface area contributed by atoms with Crippen molar-refractivity contribution < 1.29 is 0 Å². The first-order chi connectivity index (χ1) is 11.3. The molecule has 116 valence electrons. The van der Waals surface area contributed by atoms with E-state index in [1.165, 1.54) is 0 Å². The maximum Gasteiger partial charge on any atom is 0.0991 e. The molecular formula is C18H19N5. The quantitative estimate of drug-likeness (QED) is 0.653. The highest BCUT2D eigenvalue weighted by Gasteiger charge is 1.94. The van der Waals surface area contributed by atoms with E-state index in [0.717, 1.165) is 37.6 Å². The Morgan fingerprint density at radius 1 is 0.609 bits per heavy atom. The zero-order valence-electron chi connectivity index (χ0n) is 12.8. The summed E-state index contributed by atoms with van der Waals surface area (Å²) in [7, 11) is 0. The Labute approximate surface area is 136 Å². The van der Waals surface area contributed by atoms with Crippen LogP contribution in [0.5, 0.6) is 0 Å². The lowest BCUT2D eigenvalue weighted by Crippen LogP contribution is -2.27. The lowest BCUT2D eigenvalue weighted by Gasteiger charge is -2.09. The van der Waals surface area contributed by atoms with E-state index >= 15 is 0 Å². The first kappa shape index (κ1) is 16.4. The van der Waals surface area contributed by atoms with Gasteiger partial charge in [-0.05, 0) is 48.5 Å². The van der Waals surface area contributed by atoms with Crippen LogP contribution in [0.25, 0.3) is 0 Å². The molecule has 0 unspecified atom stereocenters. The topological polar surface area (TPSA) is 83.7 Å². The summed E-state index contributed by atoms with van der Waals surface area (Å²) in [5, 5.41) is 27.4. The minimum Gasteiger partial charge on any atom is -0.384 e. The van der Waals surface area contributed by atoms with Crippen LogP contribution in [-0.2, 0) is 0 Å². The van der Waals surface area contributed by atoms with Gasteiger partial charge in [0.25, 0.3) is 0 Å². The van der Waals surface area contributed by atoms with E-state index in [4.69, 9.17) is 10.5 Å². The average molecular weight is 305 g/mol. The molecule has 0 bridgehead atoms. The van der Waals surface area contributed by atoms with Crippen molar-refractivity contribution in [2.45, 2.75) is 0 Å². The summed E-state index contributed by atoms with van der Waals surface area (Å²) in [6.45, 7) is 3.36. The van der Waals surface area contributed by atoms with Crippen molar-refractivity contribution in [2.24, 2.45) is 0 Å². The summed E-state index contributed by atoms with van der Waals surface area (Å²) < 4.78 is 0. The third-order valence-corrected chi connectivity index (χ3v) is 3.29. The zero-order chi connectivity index (χ0) is 16.3. The van der Waals surface area contributed by atoms with Gasteiger partial charge in [-0.1, -0.05) is 0 Å². The molecule has 3 N–H and O–H groups in total. The van der Waals surface area contributed by atoms with Crippen LogP contribution < -0.4 is 16.0 Å². The lowest BCUT2D eigenvalue weighted by molar-refractivity contribution is 0.719. The third-order valence-electron chi connectivity index (χ3n) is 3.29. The van der Waals surface area contributed by atoms with Crippen LogP contribution in [0, 0.1) is 22.7 Å². The SMILES string of the molecule is N#Cc1ccc(NCCNCCNc2ccc(C#N)cc2)cc1. The van der Waals surface area contributed by atoms with E-state index in [1.807, 2.05) is 24.3 Å². The summed E-state index contributed by atoms with van der Waals surface area (Å²) in [5.74, 6) is 0. The molecule has 0 aliphatic carbocycles. The van der Waals surface area contributed by atoms with Gasteiger partial charge in [-0.2, -0.15) is 10.5 Å². The molecule has 0 radical (unpaired) electrons. The van der Waals surface area contributed by atoms with Crippen molar-refractivity contribution in [1.29, 1.82) is 10.5 Å². The molecule has 0 heterocycles. The summed E-state index contributed by atoms with van der Waals surface area (Å²) in [6, 6.07) is 19.0. The molecule has 23 heavy (non-hydrogen) atoms. The first-order valence-electron chi connectivity index (χ1n) is 7.50. The highest BCUT2D eigenvalue weighted by molar-refractivity contribution is 5.47. The Morgan fingerprint density at radius 3 is 1.35 bits per heavy atom. The molecule has 0 atom stereocenters. The van der Waals surface area contributed by atoms with Crippen molar-refractivity contribution >= 4 is 11.4 Å². The largest absolute Gasteiger partial charge is 0.384 e. The Bertz CT molecular complexity index is 616. The molecule has 5 heteroatoms. The molecule has 0 spiro atoms. The fourth-order valence-electron chi connectivity index (χ4n) is 2.04. The second-order valence-corrected chi connectivity index (χ2v) is 4.98. The summed E-state index contributed by atoms with van der Waals surface area (Å²) in [5.41, 5.74) is 3.37. The molecule has 2 aromatic rings. The van der Waals surface area contributed by atoms with Crippen molar-refractivity contribution in [1.82, 2.24) is 5.32 Å². The van der Waals surface area contributed by atoms with E-state index in [1.54, 1.807) is 24.3 Å². The van der Waals surface area contributed by atoms with E-state index in [0.29, 0.717) is 11.1 Å². The van der Waals surface area contributed by atoms with Crippen LogP contribution in [0.3, 0.4) is 0 Å². The number of nitriles is 2. The third kappa shape index (κ3) is 5.70. The minimum absolute atomic E-state index is 0.669. The Morgan fingerprint density at radius 2 is 1.00 bits per heavy atom. The van der Waals surface area contributed by atoms with E-state index in [2.05, 4.69) is 28.1 Å². The van der Waals surface area contributed by atoms with Gasteiger partial charge in [0.1, 0.15) is 0 Å². The number of rotatable bonds is 8. The molecule has 0 aliphatic heterocycles. The van der Waals surface area contributed by atoms with E-state index in [9.17, 15) is 0 Å². The lowest BCUT2D eigenvalue weighted by atomic mass is 10.2. The van der Waals surface area contributed by atoms with Gasteiger partial charge >= 0.3 is 0 Å². The van der Waals surface area contributed by atoms with Crippen LogP contribution in [0.4, 0.5) is 11.4 Å². The van der Waals surface area contributed by atoms with Crippen LogP contribution in [0.1, 0.15) is 11.1 Å². The van der Waals surface area contributed by atoms with Crippen LogP contribution >= 0.6 is 0 Å². The van der Waals surface area contributed by atoms with Crippen molar-refractivity contribution in [3.05, 3.63) is 59.7 Å². The molecule has 0 saturated heterocycles. The smallest absolute Gasteiger partial charge is 0.0991 e. The number of nitrogens with zero attached hydrogens (tertiary/aromatic N) is 2. The Hall–Kier alpha value is -3.02. The minimum atomic E-state index is 0.669. The Balaban J connectivity index is 1.55. The number of hydrogen-bond donors (Lipinski definition) is 3. The van der Waals surface area contributed by atoms with Gasteiger partial charge < -0.3 is 16.0 Å². The summed E-state index contributed by atoms with van der Waals surface area (Å²) in [4.78, 5) is 0. The summed E-state index contributed by atoms with van der Waals surface area (Å²) >= 11 is 0. The Kier molecular flexibility index (Phi) is 6.46. The average Bonchev–Trinajstić information content (AvgIpc) is 2.62. The predicted octanol–water partition coefficient (Wildman–Crippen LogP) is 2.54. The highest BCUT2D eigenvalue weighted by atomic mass is 15.0. The molecule has 0 aromatic heterocycles. The number of anilines is 2. The summed E-state index contributed by atoms with van der Waals surface area (Å²) in [6.07, 6.45) is 0. The van der Waals surface area contributed by atoms with Gasteiger partial charge in [-0.25, -0.2) is 0 Å². The maximum atomic E-state index is 8.73. The van der Waals surface area contributed by atoms with Crippen molar-refractivity contribution in [3.63, 3.8) is 0 Å². The van der Waals surface area contributed by atoms with Crippen molar-refractivity contribution in [3.8, 4) is 12.1 Å². The van der Waals surface area contributed by atoms with E-state index < -0.39 is 0 Å². The van der Waals surface area contributed by atoms with Gasteiger partial charge in [0.2, 0.25) is 0 Å². The molecule has 0 saturated carbocycles. The number of nitrogens with one attached hydrogen (secondary N) is 3. The maximum absolute atomic E-state index is 8.73. The molecule has 5 nitrogen and oxygen atoms in total. The molecule has 0 fully saturated rings. The van der Waals surface area contributed by atoms with Gasteiger partial charge in [-0.3, -0.25) is 0 Å². The zero-order valence-corrected chi connectivity index (χ0v) is 12.8. The number of benzene rings is 2. The molecule has 2 aromatic carbocycles. The second-order valence-electron chi connectivity index (χ2n) is 4.98. The fraction of sp³-hybridized carbons (Fsp3) is 0.222. The fourth-order valence-corrected chi connectivity index (χ4v) is 2.04. The van der Waals surface area contributed by atoms with Gasteiger partial charge in [0.05, 0.1) is 23.3 Å². The first-order valence-corrected chi connectivity index (χ1v) is 7.50. The van der Waals surface area contributed by atoms with E-state index in [-0.39, 0.29) is 0 Å². The molecule has 0 amide bonds. The normalized spacial score (nSPS) is 9.65.